The van der Waals surface area contributed by atoms with Crippen molar-refractivity contribution in [1.82, 2.24) is 30.4 Å². The van der Waals surface area contributed by atoms with Gasteiger partial charge in [-0.25, -0.2) is 9.67 Å². The molecule has 50 heavy (non-hydrogen) atoms. The molecule has 0 aliphatic carbocycles. The number of rotatable bonds is 13. The van der Waals surface area contributed by atoms with Gasteiger partial charge in [-0.05, 0) is 81.8 Å². The zero-order valence-electron chi connectivity index (χ0n) is 29.2. The number of aryl methyl sites for hydroxylation is 2. The minimum absolute atomic E-state index is 0.0505. The molecule has 1 unspecified atom stereocenters. The first-order valence-electron chi connectivity index (χ1n) is 17.4. The number of aromatic hydroxyl groups is 1. The number of hydrogen-bond donors (Lipinski definition) is 6. The highest BCUT2D eigenvalue weighted by Crippen LogP contribution is 2.32. The fraction of sp³-hybridized carbons (Fsp3) is 0.421. The molecule has 12 heteroatoms. The van der Waals surface area contributed by atoms with Gasteiger partial charge in [0.1, 0.15) is 5.75 Å². The van der Waals surface area contributed by atoms with Crippen LogP contribution in [0.3, 0.4) is 0 Å². The van der Waals surface area contributed by atoms with Crippen LogP contribution in [0.4, 0.5) is 5.69 Å². The first kappa shape index (κ1) is 35.1. The van der Waals surface area contributed by atoms with E-state index in [9.17, 15) is 19.8 Å². The van der Waals surface area contributed by atoms with Gasteiger partial charge in [-0.3, -0.25) is 9.59 Å². The summed E-state index contributed by atoms with van der Waals surface area (Å²) in [5.41, 5.74) is 5.41. The van der Waals surface area contributed by atoms with Crippen LogP contribution in [0.25, 0.3) is 21.9 Å². The van der Waals surface area contributed by atoms with E-state index in [1.807, 2.05) is 49.0 Å². The number of H-pyrrole nitrogens is 1. The lowest BCUT2D eigenvalue weighted by molar-refractivity contribution is 0.0904. The number of β-amino-alcohol motifs (C(OH)–C–C–N with tert-alkyl or cyclic N) is 1. The number of hydrogen-bond acceptors (Lipinski definition) is 9. The third-order valence-corrected chi connectivity index (χ3v) is 9.48. The summed E-state index contributed by atoms with van der Waals surface area (Å²) in [4.78, 5) is 33.0. The zero-order valence-corrected chi connectivity index (χ0v) is 29.2. The average Bonchev–Trinajstić information content (AvgIpc) is 3.53. The van der Waals surface area contributed by atoms with Crippen molar-refractivity contribution in [2.24, 2.45) is 0 Å². The summed E-state index contributed by atoms with van der Waals surface area (Å²) in [5.74, 6) is -0.223. The number of fused-ring (bicyclic) bond motifs is 2. The number of carbonyl (C=O) groups excluding carboxylic acids is 1. The van der Waals surface area contributed by atoms with E-state index in [4.69, 9.17) is 9.72 Å². The first-order chi connectivity index (χ1) is 24.1. The normalized spacial score (nSPS) is 14.7. The van der Waals surface area contributed by atoms with Gasteiger partial charge in [0.05, 0.1) is 28.9 Å². The summed E-state index contributed by atoms with van der Waals surface area (Å²) in [6.45, 7) is 10.9. The zero-order chi connectivity index (χ0) is 35.4. The van der Waals surface area contributed by atoms with E-state index in [0.29, 0.717) is 48.0 Å². The van der Waals surface area contributed by atoms with Crippen LogP contribution < -0.4 is 21.5 Å². The van der Waals surface area contributed by atoms with Crippen LogP contribution in [0.15, 0.2) is 59.5 Å². The molecule has 12 nitrogen and oxygen atoms in total. The topological polar surface area (TPSA) is 166 Å². The van der Waals surface area contributed by atoms with Gasteiger partial charge in [-0.1, -0.05) is 25.1 Å². The number of aromatic amines is 1. The van der Waals surface area contributed by atoms with Gasteiger partial charge in [-0.2, -0.15) is 5.10 Å². The molecule has 0 radical (unpaired) electrons. The molecule has 5 aromatic rings. The van der Waals surface area contributed by atoms with Gasteiger partial charge >= 0.3 is 0 Å². The molecule has 6 N–H and O–H groups in total. The number of aromatic nitrogens is 4. The van der Waals surface area contributed by atoms with E-state index < -0.39 is 11.6 Å². The number of benzene rings is 2. The Hall–Kier alpha value is -4.78. The lowest BCUT2D eigenvalue weighted by atomic mass is 9.93. The molecule has 0 spiro atoms. The fourth-order valence-corrected chi connectivity index (χ4v) is 6.80. The Morgan fingerprint density at radius 1 is 1.12 bits per heavy atom. The highest BCUT2D eigenvalue weighted by atomic mass is 16.5. The molecule has 264 valence electrons. The molecule has 1 atom stereocenters. The summed E-state index contributed by atoms with van der Waals surface area (Å²) in [7, 11) is 0. The predicted octanol–water partition coefficient (Wildman–Crippen LogP) is 4.73. The summed E-state index contributed by atoms with van der Waals surface area (Å²) >= 11 is 0. The molecule has 4 heterocycles. The van der Waals surface area contributed by atoms with Crippen molar-refractivity contribution in [1.29, 1.82) is 0 Å². The van der Waals surface area contributed by atoms with Crippen LogP contribution in [0.2, 0.25) is 0 Å². The van der Waals surface area contributed by atoms with Crippen LogP contribution in [-0.4, -0.2) is 67.2 Å². The first-order valence-corrected chi connectivity index (χ1v) is 17.4. The Labute approximate surface area is 291 Å². The number of phenolic OH excluding ortho intramolecular Hbond substituents is 1. The molecule has 0 bridgehead atoms. The van der Waals surface area contributed by atoms with Gasteiger partial charge in [0, 0.05) is 72.7 Å². The van der Waals surface area contributed by atoms with Crippen molar-refractivity contribution in [3.05, 3.63) is 93.0 Å². The summed E-state index contributed by atoms with van der Waals surface area (Å²) in [6.07, 6.45) is 4.12. The lowest BCUT2D eigenvalue weighted by Gasteiger charge is -2.28. The molecule has 1 aliphatic heterocycles. The smallest absolute Gasteiger partial charge is 0.251 e. The van der Waals surface area contributed by atoms with Crippen molar-refractivity contribution in [2.75, 3.05) is 25.1 Å². The van der Waals surface area contributed by atoms with Crippen LogP contribution in [0.5, 0.6) is 5.75 Å². The Morgan fingerprint density at radius 3 is 2.68 bits per heavy atom. The average molecular weight is 682 g/mol. The Kier molecular flexibility index (Phi) is 10.5. The molecule has 1 aliphatic rings. The third-order valence-electron chi connectivity index (χ3n) is 9.48. The number of ether oxygens (including phenoxy) is 1. The SMILES string of the molecule is CCc1nc2c(cnn2CC)c(NC2CCOCC2)c1CNC(=O)c1cccc(CC(C)(C)NCC(O)c2ccc(O)c3[nH]c(=O)ccc23)c1. The number of pyridine rings is 2. The van der Waals surface area contributed by atoms with Crippen LogP contribution in [0, 0.1) is 0 Å². The number of carbonyl (C=O) groups is 1. The van der Waals surface area contributed by atoms with E-state index in [-0.39, 0.29) is 29.8 Å². The van der Waals surface area contributed by atoms with E-state index >= 15 is 0 Å². The molecule has 2 aromatic carbocycles. The van der Waals surface area contributed by atoms with E-state index in [2.05, 4.69) is 39.9 Å². The molecule has 6 rings (SSSR count). The van der Waals surface area contributed by atoms with Gasteiger partial charge in [-0.15, -0.1) is 0 Å². The van der Waals surface area contributed by atoms with Gasteiger partial charge in [0.2, 0.25) is 5.56 Å². The second-order valence-electron chi connectivity index (χ2n) is 13.6. The van der Waals surface area contributed by atoms with Crippen molar-refractivity contribution in [3.8, 4) is 5.75 Å². The Morgan fingerprint density at radius 2 is 1.92 bits per heavy atom. The summed E-state index contributed by atoms with van der Waals surface area (Å²) < 4.78 is 7.50. The number of nitrogens with zero attached hydrogens (tertiary/aromatic N) is 3. The third kappa shape index (κ3) is 7.67. The number of nitrogens with one attached hydrogen (secondary N) is 4. The maximum absolute atomic E-state index is 13.6. The van der Waals surface area contributed by atoms with Gasteiger partial charge < -0.3 is 35.9 Å². The highest BCUT2D eigenvalue weighted by Gasteiger charge is 2.24. The monoisotopic (exact) mass is 681 g/mol. The maximum Gasteiger partial charge on any atom is 0.251 e. The molecule has 1 fully saturated rings. The predicted molar refractivity (Wildman–Crippen MR) is 195 cm³/mol. The van der Waals surface area contributed by atoms with Crippen LogP contribution in [-0.2, 0) is 30.7 Å². The quantitative estimate of drug-likeness (QED) is 0.103. The van der Waals surface area contributed by atoms with Crippen LogP contribution in [0.1, 0.15) is 79.4 Å². The molecule has 1 saturated heterocycles. The maximum atomic E-state index is 13.6. The van der Waals surface area contributed by atoms with E-state index in [0.717, 1.165) is 59.6 Å². The molecule has 1 amide bonds. The lowest BCUT2D eigenvalue weighted by Crippen LogP contribution is -2.43. The van der Waals surface area contributed by atoms with Crippen LogP contribution >= 0.6 is 0 Å². The second-order valence-corrected chi connectivity index (χ2v) is 13.6. The van der Waals surface area contributed by atoms with Gasteiger partial charge in [0.15, 0.2) is 5.65 Å². The van der Waals surface area contributed by atoms with Crippen molar-refractivity contribution >= 4 is 33.5 Å². The highest BCUT2D eigenvalue weighted by molar-refractivity contribution is 5.95. The number of anilines is 1. The fourth-order valence-electron chi connectivity index (χ4n) is 6.80. The number of aliphatic hydroxyl groups is 1. The molecular formula is C38H47N7O5. The Balaban J connectivity index is 1.14. The number of phenols is 1. The standard InChI is InChI=1S/C38H47N7O5/c1-5-30-28(34(42-25-14-16-50-17-15-25)29-21-41-45(6-2)36(29)43-30)20-39-37(49)24-9-7-8-23(18-24)19-38(3,4)40-22-32(47)26-10-12-31(46)35-27(26)11-13-33(48)44-35/h7-13,18,21,25,32,40,46-47H,5-6,14-17,19-20,22H2,1-4H3,(H,39,49)(H,42,43)(H,44,48). The molecule has 0 saturated carbocycles. The Bertz CT molecular complexity index is 2050. The second kappa shape index (κ2) is 15.0. The van der Waals surface area contributed by atoms with E-state index in [1.165, 1.54) is 12.1 Å². The number of amides is 1. The van der Waals surface area contributed by atoms with Crippen molar-refractivity contribution < 1.29 is 19.7 Å². The molecule has 3 aromatic heterocycles. The van der Waals surface area contributed by atoms with Crippen molar-refractivity contribution in [2.45, 2.75) is 84.2 Å². The largest absolute Gasteiger partial charge is 0.506 e. The number of aliphatic hydroxyl groups excluding tert-OH is 1. The summed E-state index contributed by atoms with van der Waals surface area (Å²) in [5, 5.41) is 37.8. The minimum atomic E-state index is -0.885. The van der Waals surface area contributed by atoms with Crippen molar-refractivity contribution in [3.63, 3.8) is 0 Å². The minimum Gasteiger partial charge on any atom is -0.506 e. The van der Waals surface area contributed by atoms with E-state index in [1.54, 1.807) is 12.1 Å². The molecular weight excluding hydrogens is 634 g/mol. The summed E-state index contributed by atoms with van der Waals surface area (Å²) in [6, 6.07) is 14.0. The van der Waals surface area contributed by atoms with Gasteiger partial charge in [0.25, 0.3) is 5.91 Å².